The first-order valence-corrected chi connectivity index (χ1v) is 8.55. The third-order valence-electron chi connectivity index (χ3n) is 4.00. The number of rotatable bonds is 4. The molecular weight excluding hydrogens is 284 g/mol. The maximum absolute atomic E-state index is 6.22. The van der Waals surface area contributed by atoms with Crippen LogP contribution in [-0.4, -0.2) is 11.1 Å². The molecule has 0 radical (unpaired) electrons. The van der Waals surface area contributed by atoms with E-state index in [2.05, 4.69) is 55.5 Å². The Morgan fingerprint density at radius 2 is 1.90 bits per heavy atom. The average Bonchev–Trinajstić information content (AvgIpc) is 2.88. The van der Waals surface area contributed by atoms with Crippen molar-refractivity contribution in [2.75, 3.05) is 5.88 Å². The van der Waals surface area contributed by atoms with Gasteiger partial charge in [0.25, 0.3) is 0 Å². The second kappa shape index (κ2) is 6.24. The number of thioether (sulfide) groups is 1. The summed E-state index contributed by atoms with van der Waals surface area (Å²) in [5.74, 6) is 1.17. The highest BCUT2D eigenvalue weighted by molar-refractivity contribution is 8.00. The van der Waals surface area contributed by atoms with Crippen molar-refractivity contribution in [3.63, 3.8) is 0 Å². The van der Waals surface area contributed by atoms with Crippen LogP contribution in [0.15, 0.2) is 53.4 Å². The smallest absolute Gasteiger partial charge is 0.0292 e. The fourth-order valence-corrected chi connectivity index (χ4v) is 4.54. The van der Waals surface area contributed by atoms with E-state index in [-0.39, 0.29) is 0 Å². The highest BCUT2D eigenvalue weighted by atomic mass is 35.5. The Labute approximate surface area is 130 Å². The summed E-state index contributed by atoms with van der Waals surface area (Å²) >= 11 is 8.24. The summed E-state index contributed by atoms with van der Waals surface area (Å²) in [7, 11) is 0. The molecule has 1 heterocycles. The SMILES string of the molecule is Cc1ccc(C(CCl)CC2Cc3ccccc3S2)cc1. The van der Waals surface area contributed by atoms with Crippen LogP contribution in [0, 0.1) is 6.92 Å². The van der Waals surface area contributed by atoms with Gasteiger partial charge in [-0.05, 0) is 42.9 Å². The number of alkyl halides is 1. The lowest BCUT2D eigenvalue weighted by Gasteiger charge is -2.18. The number of benzene rings is 2. The fourth-order valence-electron chi connectivity index (χ4n) is 2.83. The molecule has 1 aliphatic rings. The Kier molecular flexibility index (Phi) is 4.38. The third-order valence-corrected chi connectivity index (χ3v) is 5.71. The molecule has 2 aromatic carbocycles. The van der Waals surface area contributed by atoms with E-state index in [1.165, 1.54) is 28.0 Å². The lowest BCUT2D eigenvalue weighted by molar-refractivity contribution is 0.657. The molecule has 0 bridgehead atoms. The monoisotopic (exact) mass is 302 g/mol. The summed E-state index contributed by atoms with van der Waals surface area (Å²) < 4.78 is 0. The normalized spacial score (nSPS) is 18.8. The number of fused-ring (bicyclic) bond motifs is 1. The van der Waals surface area contributed by atoms with Gasteiger partial charge in [0.2, 0.25) is 0 Å². The minimum Gasteiger partial charge on any atom is -0.126 e. The zero-order chi connectivity index (χ0) is 13.9. The molecule has 104 valence electrons. The third kappa shape index (κ3) is 3.05. The molecule has 20 heavy (non-hydrogen) atoms. The molecule has 1 aliphatic heterocycles. The molecule has 0 nitrogen and oxygen atoms in total. The first kappa shape index (κ1) is 14.0. The van der Waals surface area contributed by atoms with Crippen molar-refractivity contribution < 1.29 is 0 Å². The van der Waals surface area contributed by atoms with Gasteiger partial charge in [-0.2, -0.15) is 0 Å². The molecule has 0 saturated carbocycles. The molecule has 3 rings (SSSR count). The van der Waals surface area contributed by atoms with Gasteiger partial charge < -0.3 is 0 Å². The van der Waals surface area contributed by atoms with E-state index < -0.39 is 0 Å². The van der Waals surface area contributed by atoms with Gasteiger partial charge in [0.1, 0.15) is 0 Å². The van der Waals surface area contributed by atoms with Gasteiger partial charge in [0.15, 0.2) is 0 Å². The van der Waals surface area contributed by atoms with Crippen molar-refractivity contribution in [1.29, 1.82) is 0 Å². The Hall–Kier alpha value is -0.920. The van der Waals surface area contributed by atoms with Crippen LogP contribution >= 0.6 is 23.4 Å². The van der Waals surface area contributed by atoms with Crippen LogP contribution in [0.2, 0.25) is 0 Å². The summed E-state index contributed by atoms with van der Waals surface area (Å²) in [5, 5.41) is 0.664. The molecule has 2 unspecified atom stereocenters. The molecule has 0 aromatic heterocycles. The Bertz CT molecular complexity index is 551. The molecule has 0 fully saturated rings. The van der Waals surface area contributed by atoms with Crippen LogP contribution in [0.25, 0.3) is 0 Å². The zero-order valence-electron chi connectivity index (χ0n) is 11.7. The van der Waals surface area contributed by atoms with Crippen molar-refractivity contribution in [3.05, 3.63) is 65.2 Å². The van der Waals surface area contributed by atoms with Crippen molar-refractivity contribution in [3.8, 4) is 0 Å². The summed E-state index contributed by atoms with van der Waals surface area (Å²) in [6, 6.07) is 17.6. The lowest BCUT2D eigenvalue weighted by atomic mass is 9.93. The standard InChI is InChI=1S/C18H19ClS/c1-13-6-8-14(9-7-13)16(12-19)11-17-10-15-4-2-3-5-18(15)20-17/h2-9,16-17H,10-12H2,1H3. The van der Waals surface area contributed by atoms with Crippen LogP contribution < -0.4 is 0 Å². The highest BCUT2D eigenvalue weighted by Gasteiger charge is 2.25. The molecular formula is C18H19ClS. The van der Waals surface area contributed by atoms with Crippen LogP contribution in [0.3, 0.4) is 0 Å². The van der Waals surface area contributed by atoms with E-state index in [4.69, 9.17) is 11.6 Å². The maximum Gasteiger partial charge on any atom is 0.0292 e. The molecule has 2 aromatic rings. The number of aryl methyl sites for hydroxylation is 1. The van der Waals surface area contributed by atoms with E-state index in [0.717, 1.165) is 6.42 Å². The predicted molar refractivity (Wildman–Crippen MR) is 89.0 cm³/mol. The van der Waals surface area contributed by atoms with Crippen molar-refractivity contribution in [2.45, 2.75) is 35.8 Å². The van der Waals surface area contributed by atoms with Gasteiger partial charge in [-0.3, -0.25) is 0 Å². The number of hydrogen-bond donors (Lipinski definition) is 0. The summed E-state index contributed by atoms with van der Waals surface area (Å²) in [4.78, 5) is 1.45. The van der Waals surface area contributed by atoms with Gasteiger partial charge in [-0.25, -0.2) is 0 Å². The molecule has 0 aliphatic carbocycles. The second-order valence-electron chi connectivity index (χ2n) is 5.55. The van der Waals surface area contributed by atoms with E-state index in [1.54, 1.807) is 0 Å². The first-order valence-electron chi connectivity index (χ1n) is 7.13. The molecule has 2 atom stereocenters. The topological polar surface area (TPSA) is 0 Å². The highest BCUT2D eigenvalue weighted by Crippen LogP contribution is 2.41. The molecule has 0 amide bonds. The largest absolute Gasteiger partial charge is 0.126 e. The quantitative estimate of drug-likeness (QED) is 0.679. The van der Waals surface area contributed by atoms with Gasteiger partial charge in [0.05, 0.1) is 0 Å². The van der Waals surface area contributed by atoms with Crippen LogP contribution in [-0.2, 0) is 6.42 Å². The fraction of sp³-hybridized carbons (Fsp3) is 0.333. The van der Waals surface area contributed by atoms with Gasteiger partial charge in [0, 0.05) is 16.0 Å². The van der Waals surface area contributed by atoms with Crippen molar-refractivity contribution in [1.82, 2.24) is 0 Å². The summed E-state index contributed by atoms with van der Waals surface area (Å²) in [6.07, 6.45) is 2.34. The van der Waals surface area contributed by atoms with Crippen LogP contribution in [0.1, 0.15) is 29.0 Å². The maximum atomic E-state index is 6.22. The van der Waals surface area contributed by atoms with Crippen molar-refractivity contribution in [2.24, 2.45) is 0 Å². The zero-order valence-corrected chi connectivity index (χ0v) is 13.3. The minimum absolute atomic E-state index is 0.462. The van der Waals surface area contributed by atoms with E-state index in [0.29, 0.717) is 17.0 Å². The Morgan fingerprint density at radius 3 is 2.60 bits per heavy atom. The predicted octanol–water partition coefficient (Wildman–Crippen LogP) is 5.42. The lowest BCUT2D eigenvalue weighted by Crippen LogP contribution is -2.10. The average molecular weight is 303 g/mol. The molecule has 0 N–H and O–H groups in total. The minimum atomic E-state index is 0.462. The molecule has 0 spiro atoms. The van der Waals surface area contributed by atoms with Gasteiger partial charge in [-0.1, -0.05) is 48.0 Å². The summed E-state index contributed by atoms with van der Waals surface area (Å²) in [6.45, 7) is 2.13. The van der Waals surface area contributed by atoms with E-state index in [1.807, 2.05) is 11.8 Å². The number of hydrogen-bond acceptors (Lipinski definition) is 1. The molecule has 0 saturated heterocycles. The van der Waals surface area contributed by atoms with Gasteiger partial charge in [-0.15, -0.1) is 23.4 Å². The number of halogens is 1. The van der Waals surface area contributed by atoms with Gasteiger partial charge >= 0.3 is 0 Å². The van der Waals surface area contributed by atoms with E-state index >= 15 is 0 Å². The van der Waals surface area contributed by atoms with Crippen molar-refractivity contribution >= 4 is 23.4 Å². The Morgan fingerprint density at radius 1 is 1.15 bits per heavy atom. The Balaban J connectivity index is 1.69. The second-order valence-corrected chi connectivity index (χ2v) is 7.20. The van der Waals surface area contributed by atoms with E-state index in [9.17, 15) is 0 Å². The summed E-state index contributed by atoms with van der Waals surface area (Å²) in [5.41, 5.74) is 4.19. The van der Waals surface area contributed by atoms with Crippen LogP contribution in [0.4, 0.5) is 0 Å². The van der Waals surface area contributed by atoms with Crippen LogP contribution in [0.5, 0.6) is 0 Å². The molecule has 2 heteroatoms. The first-order chi connectivity index (χ1) is 9.76.